The number of carboxylic acids is 1. The Balaban J connectivity index is 2.50. The molecule has 1 aliphatic heterocycles. The minimum atomic E-state index is -0.973. The van der Waals surface area contributed by atoms with Crippen molar-refractivity contribution in [3.05, 3.63) is 0 Å². The van der Waals surface area contributed by atoms with Crippen molar-refractivity contribution in [3.63, 3.8) is 0 Å². The second-order valence-electron chi connectivity index (χ2n) is 6.38. The monoisotopic (exact) mass is 272 g/mol. The molecule has 1 atom stereocenters. The van der Waals surface area contributed by atoms with Crippen LogP contribution in [0.1, 0.15) is 47.0 Å². The summed E-state index contributed by atoms with van der Waals surface area (Å²) in [7, 11) is 0. The van der Waals surface area contributed by atoms with Crippen LogP contribution in [0.3, 0.4) is 0 Å². The maximum atomic E-state index is 11.5. The second-order valence-corrected chi connectivity index (χ2v) is 6.38. The van der Waals surface area contributed by atoms with Gasteiger partial charge in [-0.15, -0.1) is 0 Å². The average molecular weight is 272 g/mol. The van der Waals surface area contributed by atoms with Gasteiger partial charge in [0.25, 0.3) is 0 Å². The molecule has 1 heterocycles. The minimum absolute atomic E-state index is 0.00524. The highest BCUT2D eigenvalue weighted by molar-refractivity contribution is 5.80. The number of hydrogen-bond donors (Lipinski definition) is 3. The third-order valence-corrected chi connectivity index (χ3v) is 3.98. The number of carboxylic acid groups (broad SMARTS) is 1. The first kappa shape index (κ1) is 15.9. The molecule has 1 saturated heterocycles. The zero-order valence-electron chi connectivity index (χ0n) is 12.1. The fourth-order valence-electron chi connectivity index (χ4n) is 2.76. The summed E-state index contributed by atoms with van der Waals surface area (Å²) in [5.41, 5.74) is -0.733. The van der Waals surface area contributed by atoms with Gasteiger partial charge < -0.3 is 15.6 Å². The van der Waals surface area contributed by atoms with E-state index in [-0.39, 0.29) is 30.2 Å². The number of hydrogen-bond acceptors (Lipinski definition) is 4. The molecule has 3 N–H and O–H groups in total. The molecule has 1 unspecified atom stereocenters. The number of carbonyl (C=O) groups excluding carboxylic acids is 1. The van der Waals surface area contributed by atoms with Crippen LogP contribution in [-0.2, 0) is 9.59 Å². The summed E-state index contributed by atoms with van der Waals surface area (Å²) in [4.78, 5) is 21.9. The van der Waals surface area contributed by atoms with Crippen molar-refractivity contribution in [1.82, 2.24) is 10.4 Å². The van der Waals surface area contributed by atoms with Gasteiger partial charge in [-0.25, -0.2) is 0 Å². The number of amides is 1. The van der Waals surface area contributed by atoms with Crippen molar-refractivity contribution in [2.75, 3.05) is 6.54 Å². The SMILES string of the molecule is CC1(C)CC(CNC(=O)CCC(=O)O)C(C)(C)N1O. The Morgan fingerprint density at radius 1 is 1.26 bits per heavy atom. The van der Waals surface area contributed by atoms with E-state index in [0.717, 1.165) is 6.42 Å². The molecule has 0 aromatic rings. The summed E-state index contributed by atoms with van der Waals surface area (Å²) in [5, 5.41) is 22.8. The Hall–Kier alpha value is -1.14. The Labute approximate surface area is 113 Å². The first-order chi connectivity index (χ1) is 8.57. The van der Waals surface area contributed by atoms with E-state index in [2.05, 4.69) is 5.32 Å². The standard InChI is InChI=1S/C13H24N2O4/c1-12(2)7-9(13(3,4)15(12)19)8-14-10(16)5-6-11(17)18/h9,19H,5-8H2,1-4H3,(H,14,16)(H,17,18). The van der Waals surface area contributed by atoms with Crippen LogP contribution in [0, 0.1) is 5.92 Å². The van der Waals surface area contributed by atoms with Crippen molar-refractivity contribution in [2.24, 2.45) is 5.92 Å². The molecule has 1 aliphatic rings. The van der Waals surface area contributed by atoms with Crippen LogP contribution in [0.2, 0.25) is 0 Å². The lowest BCUT2D eigenvalue weighted by molar-refractivity contribution is -0.196. The highest BCUT2D eigenvalue weighted by Gasteiger charge is 2.50. The minimum Gasteiger partial charge on any atom is -0.481 e. The number of nitrogens with one attached hydrogen (secondary N) is 1. The predicted molar refractivity (Wildman–Crippen MR) is 69.8 cm³/mol. The van der Waals surface area contributed by atoms with Crippen molar-refractivity contribution in [1.29, 1.82) is 0 Å². The molecule has 6 nitrogen and oxygen atoms in total. The van der Waals surface area contributed by atoms with Gasteiger partial charge in [-0.3, -0.25) is 9.59 Å². The molecule has 0 aliphatic carbocycles. The number of aliphatic carboxylic acids is 1. The topological polar surface area (TPSA) is 89.9 Å². The third kappa shape index (κ3) is 3.67. The van der Waals surface area contributed by atoms with E-state index in [1.165, 1.54) is 5.06 Å². The van der Waals surface area contributed by atoms with Crippen LogP contribution in [0.5, 0.6) is 0 Å². The predicted octanol–water partition coefficient (Wildman–Crippen LogP) is 1.24. The van der Waals surface area contributed by atoms with Gasteiger partial charge in [0.2, 0.25) is 5.91 Å². The zero-order valence-corrected chi connectivity index (χ0v) is 12.1. The first-order valence-electron chi connectivity index (χ1n) is 6.55. The van der Waals surface area contributed by atoms with E-state index in [4.69, 9.17) is 5.11 Å². The fourth-order valence-corrected chi connectivity index (χ4v) is 2.76. The maximum absolute atomic E-state index is 11.5. The van der Waals surface area contributed by atoms with E-state index in [0.29, 0.717) is 6.54 Å². The Bertz CT molecular complexity index is 366. The number of rotatable bonds is 5. The molecule has 0 saturated carbocycles. The van der Waals surface area contributed by atoms with Gasteiger partial charge in [0, 0.05) is 24.0 Å². The molecule has 1 amide bonds. The Morgan fingerprint density at radius 2 is 1.84 bits per heavy atom. The van der Waals surface area contributed by atoms with Crippen molar-refractivity contribution in [2.45, 2.75) is 58.0 Å². The van der Waals surface area contributed by atoms with Crippen LogP contribution in [-0.4, -0.2) is 44.9 Å². The largest absolute Gasteiger partial charge is 0.481 e. The third-order valence-electron chi connectivity index (χ3n) is 3.98. The van der Waals surface area contributed by atoms with Crippen LogP contribution >= 0.6 is 0 Å². The smallest absolute Gasteiger partial charge is 0.303 e. The fraction of sp³-hybridized carbons (Fsp3) is 0.846. The molecule has 0 bridgehead atoms. The van der Waals surface area contributed by atoms with Gasteiger partial charge in [-0.1, -0.05) is 0 Å². The Kier molecular flexibility index (Phi) is 4.58. The summed E-state index contributed by atoms with van der Waals surface area (Å²) >= 11 is 0. The summed E-state index contributed by atoms with van der Waals surface area (Å²) in [6, 6.07) is 0. The molecular formula is C13H24N2O4. The number of nitrogens with zero attached hydrogens (tertiary/aromatic N) is 1. The molecule has 0 radical (unpaired) electrons. The van der Waals surface area contributed by atoms with Gasteiger partial charge in [0.1, 0.15) is 0 Å². The van der Waals surface area contributed by atoms with E-state index in [1.54, 1.807) is 0 Å². The molecular weight excluding hydrogens is 248 g/mol. The lowest BCUT2D eigenvalue weighted by Crippen LogP contribution is -2.48. The van der Waals surface area contributed by atoms with Crippen LogP contribution in [0.4, 0.5) is 0 Å². The van der Waals surface area contributed by atoms with Crippen LogP contribution < -0.4 is 5.32 Å². The number of hydroxylamine groups is 2. The van der Waals surface area contributed by atoms with Crippen molar-refractivity contribution < 1.29 is 19.9 Å². The molecule has 6 heteroatoms. The zero-order chi connectivity index (χ0) is 14.8. The summed E-state index contributed by atoms with van der Waals surface area (Å²) < 4.78 is 0. The molecule has 0 spiro atoms. The average Bonchev–Trinajstić information content (AvgIpc) is 2.44. The first-order valence-corrected chi connectivity index (χ1v) is 6.55. The normalized spacial score (nSPS) is 25.2. The van der Waals surface area contributed by atoms with Gasteiger partial charge >= 0.3 is 5.97 Å². The Morgan fingerprint density at radius 3 is 2.26 bits per heavy atom. The molecule has 0 aromatic heterocycles. The highest BCUT2D eigenvalue weighted by atomic mass is 16.5. The molecule has 110 valence electrons. The quantitative estimate of drug-likeness (QED) is 0.700. The van der Waals surface area contributed by atoms with Gasteiger partial charge in [-0.2, -0.15) is 5.06 Å². The lowest BCUT2D eigenvalue weighted by Gasteiger charge is -2.36. The molecule has 1 fully saturated rings. The summed E-state index contributed by atoms with van der Waals surface area (Å²) in [5.74, 6) is -1.10. The van der Waals surface area contributed by atoms with Crippen molar-refractivity contribution >= 4 is 11.9 Å². The second kappa shape index (κ2) is 5.46. The summed E-state index contributed by atoms with van der Waals surface area (Å²) in [6.45, 7) is 8.25. The molecule has 0 aromatic carbocycles. The van der Waals surface area contributed by atoms with E-state index in [9.17, 15) is 14.8 Å². The van der Waals surface area contributed by atoms with Crippen LogP contribution in [0.25, 0.3) is 0 Å². The van der Waals surface area contributed by atoms with Crippen molar-refractivity contribution in [3.8, 4) is 0 Å². The van der Waals surface area contributed by atoms with Gasteiger partial charge in [-0.05, 0) is 40.0 Å². The lowest BCUT2D eigenvalue weighted by atomic mass is 9.87. The number of carbonyl (C=O) groups is 2. The van der Waals surface area contributed by atoms with Gasteiger partial charge in [0.15, 0.2) is 0 Å². The maximum Gasteiger partial charge on any atom is 0.303 e. The molecule has 19 heavy (non-hydrogen) atoms. The van der Waals surface area contributed by atoms with E-state index < -0.39 is 11.5 Å². The summed E-state index contributed by atoms with van der Waals surface area (Å²) in [6.07, 6.45) is 0.613. The van der Waals surface area contributed by atoms with E-state index >= 15 is 0 Å². The van der Waals surface area contributed by atoms with E-state index in [1.807, 2.05) is 27.7 Å². The highest BCUT2D eigenvalue weighted by Crippen LogP contribution is 2.42. The molecule has 1 rings (SSSR count). The van der Waals surface area contributed by atoms with Gasteiger partial charge in [0.05, 0.1) is 6.42 Å². The van der Waals surface area contributed by atoms with Crippen LogP contribution in [0.15, 0.2) is 0 Å².